The van der Waals surface area contributed by atoms with Crippen LogP contribution in [0.1, 0.15) is 16.8 Å². The molecule has 2 aromatic carbocycles. The molecule has 1 aliphatic rings. The lowest BCUT2D eigenvalue weighted by Crippen LogP contribution is -2.41. The van der Waals surface area contributed by atoms with Crippen molar-refractivity contribution in [3.05, 3.63) is 58.9 Å². The maximum atomic E-state index is 15.0. The third-order valence-corrected chi connectivity index (χ3v) is 9.22. The number of fused-ring (bicyclic) bond motifs is 1. The Hall–Kier alpha value is -2.57. The van der Waals surface area contributed by atoms with E-state index in [9.17, 15) is 22.4 Å². The first-order valence-corrected chi connectivity index (χ1v) is 13.9. The molecule has 2 amide bonds. The highest BCUT2D eigenvalue weighted by Crippen LogP contribution is 2.32. The van der Waals surface area contributed by atoms with Gasteiger partial charge >= 0.3 is 0 Å². The van der Waals surface area contributed by atoms with Gasteiger partial charge in [-0.2, -0.15) is 4.72 Å². The van der Waals surface area contributed by atoms with E-state index in [1.807, 2.05) is 19.0 Å². The highest BCUT2D eigenvalue weighted by atomic mass is 35.5. The second-order valence-electron chi connectivity index (χ2n) is 8.90. The number of hydrogen-bond acceptors (Lipinski definition) is 6. The first kappa shape index (κ1) is 26.5. The van der Waals surface area contributed by atoms with Gasteiger partial charge in [0.2, 0.25) is 5.91 Å². The van der Waals surface area contributed by atoms with Gasteiger partial charge in [0.05, 0.1) is 5.69 Å². The van der Waals surface area contributed by atoms with Gasteiger partial charge in [-0.15, -0.1) is 11.3 Å². The summed E-state index contributed by atoms with van der Waals surface area (Å²) in [4.78, 5) is 30.3. The first-order chi connectivity index (χ1) is 17.0. The predicted molar refractivity (Wildman–Crippen MR) is 140 cm³/mol. The monoisotopic (exact) mass is 552 g/mol. The number of thiophene rings is 1. The molecule has 0 radical (unpaired) electrons. The number of carbonyl (C=O) groups excluding carboxylic acids is 2. The van der Waals surface area contributed by atoms with Gasteiger partial charge < -0.3 is 14.7 Å². The van der Waals surface area contributed by atoms with Crippen LogP contribution in [0.15, 0.2) is 46.7 Å². The Morgan fingerprint density at radius 2 is 1.92 bits per heavy atom. The zero-order chi connectivity index (χ0) is 26.2. The van der Waals surface area contributed by atoms with Crippen LogP contribution in [0, 0.1) is 5.82 Å². The van der Waals surface area contributed by atoms with E-state index >= 15 is 0 Å². The summed E-state index contributed by atoms with van der Waals surface area (Å²) < 4.78 is 44.1. The van der Waals surface area contributed by atoms with Crippen LogP contribution < -0.4 is 9.62 Å². The SMILES string of the molecule is CN(C)CCN(C)C(=O)c1ccc(N2CCC(NS(=O)(=O)c3cc4ccc(Cl)cc4s3)C2=O)c(F)c1. The standard InChI is InChI=1S/C24H26ClFN4O4S2/c1-28(2)10-11-29(3)23(31)16-5-7-20(18(26)12-16)30-9-8-19(24(30)32)27-36(33,34)22-13-15-4-6-17(25)14-21(15)35-22/h4-7,12-14,19,27H,8-11H2,1-3H3. The summed E-state index contributed by atoms with van der Waals surface area (Å²) >= 11 is 7.05. The number of benzene rings is 2. The summed E-state index contributed by atoms with van der Waals surface area (Å²) in [5.74, 6) is -1.60. The second-order valence-corrected chi connectivity index (χ2v) is 12.4. The number of carbonyl (C=O) groups is 2. The van der Waals surface area contributed by atoms with Crippen molar-refractivity contribution in [2.24, 2.45) is 0 Å². The number of likely N-dealkylation sites (N-methyl/N-ethyl adjacent to an activating group) is 2. The van der Waals surface area contributed by atoms with E-state index < -0.39 is 27.8 Å². The largest absolute Gasteiger partial charge is 0.340 e. The molecule has 0 bridgehead atoms. The van der Waals surface area contributed by atoms with Gasteiger partial charge in [-0.05, 0) is 62.3 Å². The molecule has 192 valence electrons. The number of nitrogens with one attached hydrogen (secondary N) is 1. The van der Waals surface area contributed by atoms with Crippen molar-refractivity contribution in [2.45, 2.75) is 16.7 Å². The molecule has 0 saturated carbocycles. The Morgan fingerprint density at radius 3 is 2.61 bits per heavy atom. The van der Waals surface area contributed by atoms with Crippen molar-refractivity contribution >= 4 is 60.5 Å². The lowest BCUT2D eigenvalue weighted by atomic mass is 10.1. The third kappa shape index (κ3) is 5.55. The smallest absolute Gasteiger partial charge is 0.253 e. The number of rotatable bonds is 8. The Balaban J connectivity index is 1.47. The number of anilines is 1. The van der Waals surface area contributed by atoms with Gasteiger partial charge in [0.1, 0.15) is 16.1 Å². The van der Waals surface area contributed by atoms with Gasteiger partial charge in [-0.3, -0.25) is 9.59 Å². The predicted octanol–water partition coefficient (Wildman–Crippen LogP) is 3.41. The normalized spacial score (nSPS) is 16.3. The Bertz CT molecular complexity index is 1430. The molecule has 1 atom stereocenters. The minimum atomic E-state index is -3.98. The highest BCUT2D eigenvalue weighted by molar-refractivity contribution is 7.91. The fourth-order valence-electron chi connectivity index (χ4n) is 3.92. The molecule has 3 aromatic rings. The Kier molecular flexibility index (Phi) is 7.67. The summed E-state index contributed by atoms with van der Waals surface area (Å²) in [6.45, 7) is 1.28. The van der Waals surface area contributed by atoms with Crippen LogP contribution in [0.3, 0.4) is 0 Å². The van der Waals surface area contributed by atoms with Crippen LogP contribution in [-0.4, -0.2) is 76.9 Å². The molecule has 2 heterocycles. The molecular formula is C24H26ClFN4O4S2. The number of nitrogens with zero attached hydrogens (tertiary/aromatic N) is 3. The molecule has 12 heteroatoms. The molecule has 1 aromatic heterocycles. The van der Waals surface area contributed by atoms with E-state index in [2.05, 4.69) is 4.72 Å². The van der Waals surface area contributed by atoms with E-state index in [0.717, 1.165) is 22.8 Å². The fourth-order valence-corrected chi connectivity index (χ4v) is 6.83. The molecule has 1 aliphatic heterocycles. The van der Waals surface area contributed by atoms with Gasteiger partial charge in [-0.25, -0.2) is 12.8 Å². The topological polar surface area (TPSA) is 90.0 Å². The fraction of sp³-hybridized carbons (Fsp3) is 0.333. The summed E-state index contributed by atoms with van der Waals surface area (Å²) in [6.07, 6.45) is 0.183. The minimum Gasteiger partial charge on any atom is -0.340 e. The van der Waals surface area contributed by atoms with E-state index in [4.69, 9.17) is 11.6 Å². The van der Waals surface area contributed by atoms with Crippen LogP contribution >= 0.6 is 22.9 Å². The lowest BCUT2D eigenvalue weighted by molar-refractivity contribution is -0.118. The van der Waals surface area contributed by atoms with E-state index in [1.54, 1.807) is 25.2 Å². The molecule has 0 aliphatic carbocycles. The highest BCUT2D eigenvalue weighted by Gasteiger charge is 2.37. The summed E-state index contributed by atoms with van der Waals surface area (Å²) in [6, 6.07) is 9.55. The minimum absolute atomic E-state index is 0.00527. The first-order valence-electron chi connectivity index (χ1n) is 11.2. The van der Waals surface area contributed by atoms with E-state index in [-0.39, 0.29) is 34.3 Å². The van der Waals surface area contributed by atoms with Crippen LogP contribution in [0.5, 0.6) is 0 Å². The molecule has 8 nitrogen and oxygen atoms in total. The van der Waals surface area contributed by atoms with Gasteiger partial charge in [0.15, 0.2) is 0 Å². The number of hydrogen-bond donors (Lipinski definition) is 1. The summed E-state index contributed by atoms with van der Waals surface area (Å²) in [5, 5.41) is 1.23. The van der Waals surface area contributed by atoms with E-state index in [0.29, 0.717) is 22.8 Å². The Morgan fingerprint density at radius 1 is 1.17 bits per heavy atom. The zero-order valence-corrected chi connectivity index (χ0v) is 22.4. The van der Waals surface area contributed by atoms with Crippen LogP contribution in [0.2, 0.25) is 5.02 Å². The average molecular weight is 553 g/mol. The number of halogens is 2. The number of sulfonamides is 1. The second kappa shape index (κ2) is 10.4. The molecule has 0 spiro atoms. The molecular weight excluding hydrogens is 527 g/mol. The maximum absolute atomic E-state index is 15.0. The lowest BCUT2D eigenvalue weighted by Gasteiger charge is -2.21. The third-order valence-electron chi connectivity index (χ3n) is 5.94. The van der Waals surface area contributed by atoms with Crippen LogP contribution in [0.4, 0.5) is 10.1 Å². The van der Waals surface area contributed by atoms with Gasteiger partial charge in [0, 0.05) is 42.0 Å². The van der Waals surface area contributed by atoms with Crippen molar-refractivity contribution in [3.8, 4) is 0 Å². The van der Waals surface area contributed by atoms with Crippen LogP contribution in [0.25, 0.3) is 10.1 Å². The van der Waals surface area contributed by atoms with Crippen molar-refractivity contribution in [2.75, 3.05) is 45.7 Å². The molecule has 1 saturated heterocycles. The van der Waals surface area contributed by atoms with Gasteiger partial charge in [0.25, 0.3) is 15.9 Å². The van der Waals surface area contributed by atoms with E-state index in [1.165, 1.54) is 28.0 Å². The molecule has 1 unspecified atom stereocenters. The van der Waals surface area contributed by atoms with Crippen molar-refractivity contribution in [1.29, 1.82) is 0 Å². The van der Waals surface area contributed by atoms with Crippen molar-refractivity contribution < 1.29 is 22.4 Å². The van der Waals surface area contributed by atoms with Crippen molar-refractivity contribution in [3.63, 3.8) is 0 Å². The van der Waals surface area contributed by atoms with Gasteiger partial charge in [-0.1, -0.05) is 17.7 Å². The molecule has 36 heavy (non-hydrogen) atoms. The quantitative estimate of drug-likeness (QED) is 0.462. The zero-order valence-electron chi connectivity index (χ0n) is 20.0. The molecule has 1 fully saturated rings. The Labute approximate surface area is 218 Å². The summed E-state index contributed by atoms with van der Waals surface area (Å²) in [5.41, 5.74) is 0.178. The average Bonchev–Trinajstić information content (AvgIpc) is 3.40. The maximum Gasteiger partial charge on any atom is 0.253 e. The number of amides is 2. The summed E-state index contributed by atoms with van der Waals surface area (Å²) in [7, 11) is 1.46. The molecule has 1 N–H and O–H groups in total. The van der Waals surface area contributed by atoms with Crippen molar-refractivity contribution in [1.82, 2.24) is 14.5 Å². The van der Waals surface area contributed by atoms with Crippen LogP contribution in [-0.2, 0) is 14.8 Å². The molecule has 4 rings (SSSR count).